The van der Waals surface area contributed by atoms with Crippen LogP contribution < -0.4 is 5.32 Å². The van der Waals surface area contributed by atoms with Gasteiger partial charge in [0.2, 0.25) is 0 Å². The summed E-state index contributed by atoms with van der Waals surface area (Å²) < 4.78 is 0. The van der Waals surface area contributed by atoms with Gasteiger partial charge in [0.05, 0.1) is 0 Å². The van der Waals surface area contributed by atoms with E-state index in [2.05, 4.69) is 28.3 Å². The Morgan fingerprint density at radius 2 is 2.00 bits per heavy atom. The van der Waals surface area contributed by atoms with Gasteiger partial charge in [-0.1, -0.05) is 6.07 Å². The van der Waals surface area contributed by atoms with E-state index in [9.17, 15) is 0 Å². The van der Waals surface area contributed by atoms with Crippen molar-refractivity contribution in [1.82, 2.24) is 9.97 Å². The third kappa shape index (κ3) is 2.57. The molecule has 0 saturated carbocycles. The van der Waals surface area contributed by atoms with Crippen molar-refractivity contribution in [1.29, 1.82) is 0 Å². The van der Waals surface area contributed by atoms with Crippen LogP contribution in [0.25, 0.3) is 0 Å². The third-order valence-corrected chi connectivity index (χ3v) is 2.49. The molecule has 16 heavy (non-hydrogen) atoms. The number of aryl methyl sites for hydroxylation is 2. The average Bonchev–Trinajstić information content (AvgIpc) is 2.28. The van der Waals surface area contributed by atoms with Crippen molar-refractivity contribution in [3.05, 3.63) is 53.5 Å². The molecule has 3 heteroatoms. The number of anilines is 1. The Bertz CT molecular complexity index is 480. The zero-order valence-corrected chi connectivity index (χ0v) is 9.57. The molecule has 2 aromatic rings. The van der Waals surface area contributed by atoms with E-state index in [4.69, 9.17) is 0 Å². The molecular formula is C13H15N3. The maximum absolute atomic E-state index is 4.25. The Labute approximate surface area is 95.6 Å². The molecule has 0 saturated heterocycles. The molecule has 82 valence electrons. The molecule has 0 spiro atoms. The first-order chi connectivity index (χ1) is 7.75. The summed E-state index contributed by atoms with van der Waals surface area (Å²) in [4.78, 5) is 8.50. The van der Waals surface area contributed by atoms with E-state index in [-0.39, 0.29) is 0 Å². The Hall–Kier alpha value is -1.90. The van der Waals surface area contributed by atoms with E-state index >= 15 is 0 Å². The summed E-state index contributed by atoms with van der Waals surface area (Å²) in [7, 11) is 0. The van der Waals surface area contributed by atoms with Gasteiger partial charge in [-0.2, -0.15) is 0 Å². The minimum atomic E-state index is 0.760. The number of hydrogen-bond acceptors (Lipinski definition) is 3. The van der Waals surface area contributed by atoms with Crippen LogP contribution in [0.1, 0.15) is 16.8 Å². The molecule has 1 N–H and O–H groups in total. The Balaban J connectivity index is 2.05. The van der Waals surface area contributed by atoms with Crippen LogP contribution in [0, 0.1) is 13.8 Å². The van der Waals surface area contributed by atoms with Crippen molar-refractivity contribution in [2.45, 2.75) is 20.4 Å². The first kappa shape index (κ1) is 10.6. The van der Waals surface area contributed by atoms with Gasteiger partial charge < -0.3 is 5.32 Å². The van der Waals surface area contributed by atoms with Gasteiger partial charge in [0.1, 0.15) is 5.82 Å². The monoisotopic (exact) mass is 213 g/mol. The molecule has 0 aliphatic heterocycles. The highest BCUT2D eigenvalue weighted by Crippen LogP contribution is 2.09. The van der Waals surface area contributed by atoms with E-state index in [1.54, 1.807) is 0 Å². The zero-order valence-electron chi connectivity index (χ0n) is 9.57. The molecule has 2 heterocycles. The molecule has 0 aliphatic rings. The van der Waals surface area contributed by atoms with Crippen LogP contribution in [0.5, 0.6) is 0 Å². The van der Waals surface area contributed by atoms with Crippen molar-refractivity contribution in [2.24, 2.45) is 0 Å². The number of rotatable bonds is 3. The van der Waals surface area contributed by atoms with E-state index in [0.29, 0.717) is 0 Å². The highest BCUT2D eigenvalue weighted by atomic mass is 15.0. The first-order valence-corrected chi connectivity index (χ1v) is 5.33. The molecule has 0 aliphatic carbocycles. The summed E-state index contributed by atoms with van der Waals surface area (Å²) in [5, 5.41) is 3.29. The van der Waals surface area contributed by atoms with Gasteiger partial charge in [-0.25, -0.2) is 4.98 Å². The van der Waals surface area contributed by atoms with Gasteiger partial charge in [0.15, 0.2) is 0 Å². The lowest BCUT2D eigenvalue weighted by molar-refractivity contribution is 1.04. The van der Waals surface area contributed by atoms with Gasteiger partial charge in [-0.3, -0.25) is 4.98 Å². The fraction of sp³-hybridized carbons (Fsp3) is 0.231. The second-order valence-electron chi connectivity index (χ2n) is 3.82. The summed E-state index contributed by atoms with van der Waals surface area (Å²) in [6, 6.07) is 8.05. The maximum Gasteiger partial charge on any atom is 0.126 e. The van der Waals surface area contributed by atoms with E-state index < -0.39 is 0 Å². The predicted molar refractivity (Wildman–Crippen MR) is 65.3 cm³/mol. The average molecular weight is 213 g/mol. The van der Waals surface area contributed by atoms with Gasteiger partial charge in [0.25, 0.3) is 0 Å². The molecule has 0 aromatic carbocycles. The largest absolute Gasteiger partial charge is 0.366 e. The molecule has 0 fully saturated rings. The number of aromatic nitrogens is 2. The van der Waals surface area contributed by atoms with Gasteiger partial charge >= 0.3 is 0 Å². The summed E-state index contributed by atoms with van der Waals surface area (Å²) in [5.41, 5.74) is 3.47. The highest BCUT2D eigenvalue weighted by molar-refractivity contribution is 5.38. The predicted octanol–water partition coefficient (Wildman–Crippen LogP) is 2.71. The molecule has 0 atom stereocenters. The van der Waals surface area contributed by atoms with Crippen LogP contribution in [0.2, 0.25) is 0 Å². The van der Waals surface area contributed by atoms with Gasteiger partial charge in [-0.05, 0) is 43.2 Å². The minimum absolute atomic E-state index is 0.760. The molecule has 0 amide bonds. The lowest BCUT2D eigenvalue weighted by atomic mass is 10.2. The number of hydrogen-bond donors (Lipinski definition) is 1. The third-order valence-electron chi connectivity index (χ3n) is 2.49. The number of nitrogens with one attached hydrogen (secondary N) is 1. The van der Waals surface area contributed by atoms with Crippen LogP contribution >= 0.6 is 0 Å². The molecule has 2 aromatic heterocycles. The molecule has 3 nitrogen and oxygen atoms in total. The van der Waals surface area contributed by atoms with Crippen molar-refractivity contribution in [3.8, 4) is 0 Å². The molecular weight excluding hydrogens is 198 g/mol. The summed E-state index contributed by atoms with van der Waals surface area (Å²) in [6.07, 6.45) is 3.62. The summed E-state index contributed by atoms with van der Waals surface area (Å²) in [5.74, 6) is 0.906. The number of nitrogens with zero attached hydrogens (tertiary/aromatic N) is 2. The van der Waals surface area contributed by atoms with E-state index in [1.807, 2.05) is 37.5 Å². The van der Waals surface area contributed by atoms with Crippen LogP contribution in [-0.2, 0) is 6.54 Å². The molecule has 0 radical (unpaired) electrons. The molecule has 0 unspecified atom stereocenters. The van der Waals surface area contributed by atoms with Crippen molar-refractivity contribution >= 4 is 5.82 Å². The van der Waals surface area contributed by atoms with Crippen molar-refractivity contribution in [3.63, 3.8) is 0 Å². The topological polar surface area (TPSA) is 37.8 Å². The zero-order chi connectivity index (χ0) is 11.4. The quantitative estimate of drug-likeness (QED) is 0.851. The molecule has 0 bridgehead atoms. The Kier molecular flexibility index (Phi) is 3.15. The van der Waals surface area contributed by atoms with Crippen LogP contribution in [0.4, 0.5) is 5.82 Å². The van der Waals surface area contributed by atoms with Crippen molar-refractivity contribution < 1.29 is 0 Å². The second kappa shape index (κ2) is 4.75. The minimum Gasteiger partial charge on any atom is -0.366 e. The smallest absolute Gasteiger partial charge is 0.126 e. The lowest BCUT2D eigenvalue weighted by Gasteiger charge is -2.07. The van der Waals surface area contributed by atoms with Gasteiger partial charge in [0, 0.05) is 24.6 Å². The van der Waals surface area contributed by atoms with Crippen LogP contribution in [0.15, 0.2) is 36.7 Å². The second-order valence-corrected chi connectivity index (χ2v) is 3.82. The summed E-state index contributed by atoms with van der Waals surface area (Å²) >= 11 is 0. The highest BCUT2D eigenvalue weighted by Gasteiger charge is 1.98. The van der Waals surface area contributed by atoms with Gasteiger partial charge in [-0.15, -0.1) is 0 Å². The SMILES string of the molecule is Cc1ccnc(NCc2cccnc2C)c1. The normalized spacial score (nSPS) is 10.1. The fourth-order valence-corrected chi connectivity index (χ4v) is 1.52. The van der Waals surface area contributed by atoms with Crippen LogP contribution in [-0.4, -0.2) is 9.97 Å². The Morgan fingerprint density at radius 3 is 2.75 bits per heavy atom. The lowest BCUT2D eigenvalue weighted by Crippen LogP contribution is -2.03. The van der Waals surface area contributed by atoms with Crippen molar-refractivity contribution in [2.75, 3.05) is 5.32 Å². The summed E-state index contributed by atoms with van der Waals surface area (Å²) in [6.45, 7) is 4.83. The van der Waals surface area contributed by atoms with E-state index in [0.717, 1.165) is 18.1 Å². The Morgan fingerprint density at radius 1 is 1.12 bits per heavy atom. The maximum atomic E-state index is 4.25. The van der Waals surface area contributed by atoms with Crippen LogP contribution in [0.3, 0.4) is 0 Å². The fourth-order valence-electron chi connectivity index (χ4n) is 1.52. The standard InChI is InChI=1S/C13H15N3/c1-10-5-7-15-13(8-10)16-9-12-4-3-6-14-11(12)2/h3-8H,9H2,1-2H3,(H,15,16). The number of pyridine rings is 2. The first-order valence-electron chi connectivity index (χ1n) is 5.33. The molecule has 2 rings (SSSR count). The van der Waals surface area contributed by atoms with E-state index in [1.165, 1.54) is 11.1 Å².